The second kappa shape index (κ2) is 56.2. The summed E-state index contributed by atoms with van der Waals surface area (Å²) in [5.41, 5.74) is 0. The second-order valence-corrected chi connectivity index (χ2v) is 6.93. The molecule has 0 unspecified atom stereocenters. The van der Waals surface area contributed by atoms with Crippen LogP contribution in [0.15, 0.2) is 0 Å². The third kappa shape index (κ3) is 58.5. The van der Waals surface area contributed by atoms with Gasteiger partial charge in [0.05, 0.1) is 0 Å². The number of rotatable bonds is 3. The molecule has 0 aliphatic rings. The molecule has 0 rings (SSSR count). The Morgan fingerprint density at radius 2 is 0.684 bits per heavy atom. The molecule has 0 fully saturated rings. The number of hydrogen-bond acceptors (Lipinski definition) is 0. The average Bonchev–Trinajstić information content (AvgIpc) is 2.54. The maximum absolute atomic E-state index is 3.19. The van der Waals surface area contributed by atoms with Gasteiger partial charge in [-0.1, -0.05) is 0 Å². The van der Waals surface area contributed by atoms with Gasteiger partial charge in [0.25, 0.3) is 0 Å². The van der Waals surface area contributed by atoms with Crippen molar-refractivity contribution in [3.05, 3.63) is 0 Å². The molecule has 0 heterocycles. The molecule has 108 valence electrons. The molecule has 0 bridgehead atoms. The van der Waals surface area contributed by atoms with Crippen LogP contribution in [0.3, 0.4) is 0 Å². The van der Waals surface area contributed by atoms with Crippen LogP contribution in [0.2, 0.25) is 0 Å². The molecular weight excluding hydrogens is 2460 g/mol. The van der Waals surface area contributed by atoms with Crippen LogP contribution in [0.4, 0.5) is 0 Å². The zero-order valence-electron chi connectivity index (χ0n) is 8.81. The van der Waals surface area contributed by atoms with E-state index < -0.39 is 0 Å². The van der Waals surface area contributed by atoms with Gasteiger partial charge in [0, 0.05) is 0 Å². The summed E-state index contributed by atoms with van der Waals surface area (Å²) in [4.78, 5) is 0. The quantitative estimate of drug-likeness (QED) is 0.322. The predicted octanol–water partition coefficient (Wildman–Crippen LogP) is -0.911. The molecule has 0 saturated heterocycles. The molecule has 0 amide bonds. The van der Waals surface area contributed by atoms with Gasteiger partial charge in [-0.25, -0.2) is 0 Å². The van der Waals surface area contributed by atoms with Gasteiger partial charge in [0.15, 0.2) is 0 Å². The zero-order valence-corrected chi connectivity index (χ0v) is 46.9. The van der Waals surface area contributed by atoms with E-state index >= 15 is 0 Å². The molecule has 0 aromatic rings. The van der Waals surface area contributed by atoms with E-state index in [1.165, 1.54) is 105 Å². The van der Waals surface area contributed by atoms with E-state index in [0.717, 1.165) is 0 Å². The third-order valence-corrected chi connectivity index (χ3v) is 10.1. The standard InChI is InChI=1S/C4.C2H3.13W/c1-3-4-2;1-2;;;;;;;;;;;;;/h;1H3;;;;;;;;;;;;;/q-2;-1;;;;;;;;;;;;;. The molecule has 0 radical (unpaired) electrons. The SMILES string of the molecule is C[C-]=[W].[W]=[C-][C](=[W])[C](=[W])[C-]=[W].[W]=[W].[W]=[W].[W]=[W].[W]=[W]. The molecule has 0 N–H and O–H groups in total. The van der Waals surface area contributed by atoms with Gasteiger partial charge in [-0.2, -0.15) is 0 Å². The minimum atomic E-state index is 1.37. The maximum atomic E-state index is 3.19. The first kappa shape index (κ1) is 41.6. The van der Waals surface area contributed by atoms with Crippen molar-refractivity contribution >= 4 is 21.0 Å². The van der Waals surface area contributed by atoms with Crippen LogP contribution in [0.25, 0.3) is 0 Å². The van der Waals surface area contributed by atoms with Crippen LogP contribution in [0.1, 0.15) is 6.92 Å². The summed E-state index contributed by atoms with van der Waals surface area (Å²) in [6.45, 7) is 1.91. The van der Waals surface area contributed by atoms with Crippen molar-refractivity contribution in [1.29, 1.82) is 0 Å². The van der Waals surface area contributed by atoms with Crippen LogP contribution >= 0.6 is 0 Å². The summed E-state index contributed by atoms with van der Waals surface area (Å²) in [5.74, 6) is 0. The number of hydrogen-bond donors (Lipinski definition) is 0. The molecule has 0 saturated carbocycles. The van der Waals surface area contributed by atoms with Crippen molar-refractivity contribution in [2.75, 3.05) is 0 Å². The summed E-state index contributed by atoms with van der Waals surface area (Å²) in [6, 6.07) is 0. The van der Waals surface area contributed by atoms with Crippen LogP contribution in [-0.4, -0.2) is 21.0 Å². The monoisotopic (exact) mass is 2470 g/mol. The first-order chi connectivity index (χ1) is 9.13. The van der Waals surface area contributed by atoms with Crippen molar-refractivity contribution in [3.8, 4) is 0 Å². The summed E-state index contributed by atoms with van der Waals surface area (Å²) in [5, 5.41) is 0. The van der Waals surface area contributed by atoms with Gasteiger partial charge in [-0.3, -0.25) is 0 Å². The molecule has 0 nitrogen and oxygen atoms in total. The zero-order chi connectivity index (χ0) is 17.3. The van der Waals surface area contributed by atoms with Crippen molar-refractivity contribution in [1.82, 2.24) is 0 Å². The van der Waals surface area contributed by atoms with Gasteiger partial charge in [0.1, 0.15) is 0 Å². The van der Waals surface area contributed by atoms with Crippen molar-refractivity contribution in [3.63, 3.8) is 0 Å². The van der Waals surface area contributed by atoms with E-state index in [-0.39, 0.29) is 0 Å². The normalized spacial score (nSPS) is 4.68. The van der Waals surface area contributed by atoms with E-state index in [0.29, 0.717) is 0 Å². The Morgan fingerprint density at radius 3 is 0.737 bits per heavy atom. The molecule has 0 aliphatic carbocycles. The molecule has 13 heteroatoms. The Bertz CT molecular complexity index is 209. The van der Waals surface area contributed by atoms with E-state index in [2.05, 4.69) is 13.2 Å². The van der Waals surface area contributed by atoms with Gasteiger partial charge >= 0.3 is 254 Å². The van der Waals surface area contributed by atoms with E-state index in [9.17, 15) is 0 Å². The molecule has 0 spiro atoms. The fourth-order valence-electron chi connectivity index (χ4n) is 0.0927. The first-order valence-corrected chi connectivity index (χ1v) is 54.3. The Balaban J connectivity index is -0.0000000324. The van der Waals surface area contributed by atoms with Crippen molar-refractivity contribution in [2.45, 2.75) is 6.92 Å². The minimum absolute atomic E-state index is 1.37. The molecule has 0 aromatic carbocycles. The van der Waals surface area contributed by atoms with Crippen LogP contribution in [-0.2, 0) is 227 Å². The van der Waals surface area contributed by atoms with Crippen LogP contribution < -0.4 is 0 Å². The van der Waals surface area contributed by atoms with Crippen LogP contribution in [0.5, 0.6) is 0 Å². The summed E-state index contributed by atoms with van der Waals surface area (Å²) < 4.78 is 11.9. The van der Waals surface area contributed by atoms with Gasteiger partial charge in [0.2, 0.25) is 0 Å². The van der Waals surface area contributed by atoms with E-state index in [1.807, 2.05) is 6.92 Å². The van der Waals surface area contributed by atoms with Gasteiger partial charge in [-0.05, 0) is 0 Å². The predicted molar refractivity (Wildman–Crippen MR) is 30.7 cm³/mol. The molecular formula is C6H3W13-3. The summed E-state index contributed by atoms with van der Waals surface area (Å²) in [7, 11) is 0. The molecule has 19 heavy (non-hydrogen) atoms. The van der Waals surface area contributed by atoms with Crippen molar-refractivity contribution < 1.29 is 227 Å². The first-order valence-electron chi connectivity index (χ1n) is 2.94. The second-order valence-electron chi connectivity index (χ2n) is 1.07. The topological polar surface area (TPSA) is 0 Å². The Kier molecular flexibility index (Phi) is 123. The average molecular weight is 2470 g/mol. The van der Waals surface area contributed by atoms with Crippen molar-refractivity contribution in [2.24, 2.45) is 0 Å². The fraction of sp³-hybridized carbons (Fsp3) is 0.167. The van der Waals surface area contributed by atoms with E-state index in [1.54, 1.807) is 130 Å². The van der Waals surface area contributed by atoms with E-state index in [4.69, 9.17) is 0 Å². The van der Waals surface area contributed by atoms with Crippen LogP contribution in [0, 0.1) is 0 Å². The molecule has 0 atom stereocenters. The third-order valence-electron chi connectivity index (χ3n) is 0.392. The molecule has 0 aromatic heterocycles. The summed E-state index contributed by atoms with van der Waals surface area (Å²) >= 11 is 20.6. The fourth-order valence-corrected chi connectivity index (χ4v) is 3.21. The summed E-state index contributed by atoms with van der Waals surface area (Å²) in [6.07, 6.45) is 0. The Hall–Kier alpha value is 8.30. The Labute approximate surface area is 247 Å². The van der Waals surface area contributed by atoms with Gasteiger partial charge in [-0.15, -0.1) is 0 Å². The molecule has 0 aliphatic heterocycles. The van der Waals surface area contributed by atoms with Gasteiger partial charge < -0.3 is 0 Å². The Morgan fingerprint density at radius 1 is 0.579 bits per heavy atom.